The van der Waals surface area contributed by atoms with Crippen molar-refractivity contribution in [2.45, 2.75) is 69.7 Å². The lowest BCUT2D eigenvalue weighted by molar-refractivity contribution is -0.123. The largest absolute Gasteiger partial charge is 0.484 e. The van der Waals surface area contributed by atoms with E-state index in [1.165, 1.54) is 31.4 Å². The molecule has 0 bridgehead atoms. The molecule has 0 atom stereocenters. The second-order valence-corrected chi connectivity index (χ2v) is 9.38. The van der Waals surface area contributed by atoms with Gasteiger partial charge in [-0.15, -0.1) is 0 Å². The second kappa shape index (κ2) is 10.7. The Kier molecular flexibility index (Phi) is 8.57. The van der Waals surface area contributed by atoms with Crippen molar-refractivity contribution < 1.29 is 17.9 Å². The first-order valence-corrected chi connectivity index (χ1v) is 11.4. The number of benzene rings is 1. The molecule has 2 rings (SSSR count). The fraction of sp³-hybridized carbons (Fsp3) is 0.650. The molecule has 6 nitrogen and oxygen atoms in total. The highest BCUT2D eigenvalue weighted by atomic mass is 32.2. The monoisotopic (exact) mass is 396 g/mol. The third kappa shape index (κ3) is 7.89. The SMILES string of the molecule is CC(C)CNS(=O)(=O)c1ccc(OCC(=O)NC2CCCCCCC2)cc1. The van der Waals surface area contributed by atoms with E-state index in [2.05, 4.69) is 10.0 Å². The molecule has 1 fully saturated rings. The number of rotatable bonds is 8. The maximum atomic E-state index is 12.2. The summed E-state index contributed by atoms with van der Waals surface area (Å²) in [5.74, 6) is 0.584. The normalized spacial score (nSPS) is 16.6. The van der Waals surface area contributed by atoms with E-state index in [-0.39, 0.29) is 29.4 Å². The Morgan fingerprint density at radius 2 is 1.67 bits per heavy atom. The first-order valence-electron chi connectivity index (χ1n) is 9.89. The van der Waals surface area contributed by atoms with E-state index < -0.39 is 10.0 Å². The van der Waals surface area contributed by atoms with Crippen LogP contribution in [0.25, 0.3) is 0 Å². The van der Waals surface area contributed by atoms with Gasteiger partial charge >= 0.3 is 0 Å². The molecule has 1 aliphatic rings. The van der Waals surface area contributed by atoms with E-state index in [1.807, 2.05) is 13.8 Å². The molecule has 152 valence electrons. The van der Waals surface area contributed by atoms with Gasteiger partial charge in [0.1, 0.15) is 5.75 Å². The Hall–Kier alpha value is -1.60. The van der Waals surface area contributed by atoms with E-state index in [0.717, 1.165) is 25.7 Å². The Labute approximate surface area is 163 Å². The van der Waals surface area contributed by atoms with E-state index in [0.29, 0.717) is 12.3 Å². The summed E-state index contributed by atoms with van der Waals surface area (Å²) < 4.78 is 32.4. The van der Waals surface area contributed by atoms with Gasteiger partial charge in [-0.05, 0) is 43.0 Å². The molecule has 0 heterocycles. The van der Waals surface area contributed by atoms with Crippen LogP contribution in [-0.2, 0) is 14.8 Å². The summed E-state index contributed by atoms with van der Waals surface area (Å²) in [7, 11) is -3.51. The van der Waals surface area contributed by atoms with Crippen molar-refractivity contribution in [3.63, 3.8) is 0 Å². The highest BCUT2D eigenvalue weighted by Crippen LogP contribution is 2.18. The third-order valence-corrected chi connectivity index (χ3v) is 6.10. The van der Waals surface area contributed by atoms with Crippen molar-refractivity contribution in [1.29, 1.82) is 0 Å². The molecule has 0 radical (unpaired) electrons. The highest BCUT2D eigenvalue weighted by Gasteiger charge is 2.16. The van der Waals surface area contributed by atoms with Gasteiger partial charge in [-0.1, -0.05) is 46.0 Å². The maximum absolute atomic E-state index is 12.2. The van der Waals surface area contributed by atoms with Gasteiger partial charge < -0.3 is 10.1 Å². The van der Waals surface area contributed by atoms with Gasteiger partial charge in [0.25, 0.3) is 5.91 Å². The Bertz CT molecular complexity index is 678. The number of amides is 1. The second-order valence-electron chi connectivity index (χ2n) is 7.62. The first kappa shape index (κ1) is 21.7. The zero-order chi connectivity index (χ0) is 19.7. The minimum atomic E-state index is -3.51. The van der Waals surface area contributed by atoms with Crippen LogP contribution in [0.5, 0.6) is 5.75 Å². The van der Waals surface area contributed by atoms with Crippen LogP contribution < -0.4 is 14.8 Å². The minimum Gasteiger partial charge on any atom is -0.484 e. The number of carbonyl (C=O) groups excluding carboxylic acids is 1. The topological polar surface area (TPSA) is 84.5 Å². The molecule has 1 saturated carbocycles. The number of hydrogen-bond donors (Lipinski definition) is 2. The van der Waals surface area contributed by atoms with E-state index >= 15 is 0 Å². The maximum Gasteiger partial charge on any atom is 0.258 e. The molecule has 2 N–H and O–H groups in total. The average molecular weight is 397 g/mol. The summed E-state index contributed by atoms with van der Waals surface area (Å²) in [6.07, 6.45) is 8.15. The highest BCUT2D eigenvalue weighted by molar-refractivity contribution is 7.89. The van der Waals surface area contributed by atoms with Gasteiger partial charge in [0.15, 0.2) is 6.61 Å². The molecule has 0 spiro atoms. The zero-order valence-electron chi connectivity index (χ0n) is 16.4. The molecular formula is C20H32N2O4S. The summed E-state index contributed by atoms with van der Waals surface area (Å²) >= 11 is 0. The molecule has 7 heteroatoms. The molecule has 0 saturated heterocycles. The van der Waals surface area contributed by atoms with Crippen LogP contribution in [0.4, 0.5) is 0 Å². The van der Waals surface area contributed by atoms with Crippen LogP contribution in [0.2, 0.25) is 0 Å². The molecule has 0 aliphatic heterocycles. The summed E-state index contributed by atoms with van der Waals surface area (Å²) in [5, 5.41) is 3.05. The van der Waals surface area contributed by atoms with Crippen molar-refractivity contribution >= 4 is 15.9 Å². The van der Waals surface area contributed by atoms with E-state index in [9.17, 15) is 13.2 Å². The lowest BCUT2D eigenvalue weighted by atomic mass is 9.97. The standard InChI is InChI=1S/C20H32N2O4S/c1-16(2)14-21-27(24,25)19-12-10-18(11-13-19)26-15-20(23)22-17-8-6-4-3-5-7-9-17/h10-13,16-17,21H,3-9,14-15H2,1-2H3,(H,22,23). The molecule has 27 heavy (non-hydrogen) atoms. The molecular weight excluding hydrogens is 364 g/mol. The van der Waals surface area contributed by atoms with Gasteiger partial charge in [-0.2, -0.15) is 0 Å². The lowest BCUT2D eigenvalue weighted by Crippen LogP contribution is -2.38. The molecule has 1 aliphatic carbocycles. The molecule has 0 unspecified atom stereocenters. The quantitative estimate of drug-likeness (QED) is 0.706. The van der Waals surface area contributed by atoms with Crippen LogP contribution in [0.3, 0.4) is 0 Å². The molecule has 1 amide bonds. The van der Waals surface area contributed by atoms with Crippen molar-refractivity contribution in [2.75, 3.05) is 13.2 Å². The van der Waals surface area contributed by atoms with Gasteiger partial charge in [0.2, 0.25) is 10.0 Å². The zero-order valence-corrected chi connectivity index (χ0v) is 17.2. The fourth-order valence-corrected chi connectivity index (χ4v) is 4.31. The minimum absolute atomic E-state index is 0.0613. The number of sulfonamides is 1. The summed E-state index contributed by atoms with van der Waals surface area (Å²) in [5.41, 5.74) is 0. The van der Waals surface area contributed by atoms with Crippen molar-refractivity contribution in [3.05, 3.63) is 24.3 Å². The Balaban J connectivity index is 1.81. The smallest absolute Gasteiger partial charge is 0.258 e. The van der Waals surface area contributed by atoms with Gasteiger partial charge in [-0.3, -0.25) is 4.79 Å². The first-order chi connectivity index (χ1) is 12.9. The summed E-state index contributed by atoms with van der Waals surface area (Å²) in [6, 6.07) is 6.37. The van der Waals surface area contributed by atoms with Gasteiger partial charge in [0, 0.05) is 12.6 Å². The lowest BCUT2D eigenvalue weighted by Gasteiger charge is -2.21. The van der Waals surface area contributed by atoms with Crippen LogP contribution in [0.15, 0.2) is 29.2 Å². The molecule has 1 aromatic carbocycles. The van der Waals surface area contributed by atoms with E-state index in [1.54, 1.807) is 12.1 Å². The Morgan fingerprint density at radius 3 is 2.26 bits per heavy atom. The number of carbonyl (C=O) groups is 1. The van der Waals surface area contributed by atoms with Gasteiger partial charge in [0.05, 0.1) is 4.90 Å². The van der Waals surface area contributed by atoms with Crippen molar-refractivity contribution in [1.82, 2.24) is 10.0 Å². The van der Waals surface area contributed by atoms with Crippen LogP contribution in [0.1, 0.15) is 58.8 Å². The van der Waals surface area contributed by atoms with Crippen LogP contribution in [0, 0.1) is 5.92 Å². The summed E-state index contributed by atoms with van der Waals surface area (Å²) in [4.78, 5) is 12.3. The number of hydrogen-bond acceptors (Lipinski definition) is 4. The molecule has 1 aromatic rings. The van der Waals surface area contributed by atoms with Crippen LogP contribution in [-0.4, -0.2) is 33.5 Å². The van der Waals surface area contributed by atoms with Crippen LogP contribution >= 0.6 is 0 Å². The predicted octanol–water partition coefficient (Wildman–Crippen LogP) is 3.23. The predicted molar refractivity (Wildman–Crippen MR) is 106 cm³/mol. The number of ether oxygens (including phenoxy) is 1. The average Bonchev–Trinajstić information content (AvgIpc) is 2.61. The summed E-state index contributed by atoms with van der Waals surface area (Å²) in [6.45, 7) is 4.22. The molecule has 0 aromatic heterocycles. The third-order valence-electron chi connectivity index (χ3n) is 4.66. The number of nitrogens with one attached hydrogen (secondary N) is 2. The van der Waals surface area contributed by atoms with Gasteiger partial charge in [-0.25, -0.2) is 13.1 Å². The van der Waals surface area contributed by atoms with Crippen molar-refractivity contribution in [2.24, 2.45) is 5.92 Å². The fourth-order valence-electron chi connectivity index (χ4n) is 3.09. The van der Waals surface area contributed by atoms with E-state index in [4.69, 9.17) is 4.74 Å². The Morgan fingerprint density at radius 1 is 1.07 bits per heavy atom. The van der Waals surface area contributed by atoms with Crippen molar-refractivity contribution in [3.8, 4) is 5.75 Å².